The third-order valence-electron chi connectivity index (χ3n) is 5.47. The van der Waals surface area contributed by atoms with Crippen LogP contribution in [0.15, 0.2) is 35.3 Å². The number of isothiocyanates is 1. The van der Waals surface area contributed by atoms with E-state index in [0.29, 0.717) is 5.56 Å². The summed E-state index contributed by atoms with van der Waals surface area (Å²) >= 11 is 4.79. The zero-order chi connectivity index (χ0) is 28.8. The van der Waals surface area contributed by atoms with Gasteiger partial charge in [0.1, 0.15) is 6.04 Å². The summed E-state index contributed by atoms with van der Waals surface area (Å²) < 4.78 is 0. The van der Waals surface area contributed by atoms with Gasteiger partial charge in [-0.1, -0.05) is 30.3 Å². The second-order valence-corrected chi connectivity index (χ2v) is 8.65. The minimum Gasteiger partial charge on any atom is -0.480 e. The van der Waals surface area contributed by atoms with E-state index >= 15 is 0 Å². The van der Waals surface area contributed by atoms with E-state index < -0.39 is 80.7 Å². The molecular formula is C23H30N4O10S. The molecule has 0 aromatic heterocycles. The molecule has 0 amide bonds. The van der Waals surface area contributed by atoms with Crippen molar-refractivity contribution in [3.8, 4) is 0 Å². The van der Waals surface area contributed by atoms with Gasteiger partial charge < -0.3 is 25.5 Å². The predicted octanol–water partition coefficient (Wildman–Crippen LogP) is -0.0834. The molecule has 1 rings (SSSR count). The minimum atomic E-state index is -1.33. The van der Waals surface area contributed by atoms with Gasteiger partial charge in [-0.3, -0.25) is 38.7 Å². The number of carboxylic acids is 5. The Bertz CT molecular complexity index is 1000. The van der Waals surface area contributed by atoms with Crippen LogP contribution in [-0.4, -0.2) is 133 Å². The van der Waals surface area contributed by atoms with Crippen molar-refractivity contribution in [2.45, 2.75) is 25.0 Å². The lowest BCUT2D eigenvalue weighted by Gasteiger charge is -2.39. The first-order valence-corrected chi connectivity index (χ1v) is 11.7. The summed E-state index contributed by atoms with van der Waals surface area (Å²) in [5.74, 6) is -6.50. The normalized spacial score (nSPS) is 13.5. The fraction of sp³-hybridized carbons (Fsp3) is 0.478. The van der Waals surface area contributed by atoms with E-state index in [1.807, 2.05) is 0 Å². The molecule has 0 radical (unpaired) electrons. The molecule has 208 valence electrons. The summed E-state index contributed by atoms with van der Waals surface area (Å²) in [4.78, 5) is 65.2. The molecule has 5 N–H and O–H groups in total. The van der Waals surface area contributed by atoms with Crippen LogP contribution in [0.3, 0.4) is 0 Å². The standard InChI is InChI=1S/C23H30N4O10S/c1-15(7-25(9-18(28)29)10-19(30)31)26(11-20(32)33)8-17(27(12-21(34)35)13-22(36)37)23(24-14-38)16-5-3-2-4-6-16/h2-6,15,17,23H,7-13H2,1H3,(H,28,29)(H,30,31)(H,32,33)(H,34,35)(H,36,37). The Morgan fingerprint density at radius 3 is 1.63 bits per heavy atom. The highest BCUT2D eigenvalue weighted by molar-refractivity contribution is 7.78. The number of aliphatic carboxylic acids is 5. The Morgan fingerprint density at radius 2 is 1.21 bits per heavy atom. The second kappa shape index (κ2) is 16.2. The molecule has 0 aliphatic heterocycles. The van der Waals surface area contributed by atoms with Crippen LogP contribution in [0.25, 0.3) is 0 Å². The Balaban J connectivity index is 3.54. The number of aliphatic imine (C=N–C) groups is 1. The number of thiocarbonyl (C=S) groups is 1. The molecule has 0 saturated heterocycles. The van der Waals surface area contributed by atoms with Gasteiger partial charge in [-0.15, -0.1) is 0 Å². The lowest BCUT2D eigenvalue weighted by atomic mass is 9.97. The number of rotatable bonds is 19. The van der Waals surface area contributed by atoms with Gasteiger partial charge >= 0.3 is 29.8 Å². The third kappa shape index (κ3) is 12.0. The summed E-state index contributed by atoms with van der Waals surface area (Å²) in [6, 6.07) is 5.70. The van der Waals surface area contributed by atoms with Crippen LogP contribution >= 0.6 is 12.2 Å². The van der Waals surface area contributed by atoms with Crippen LogP contribution < -0.4 is 0 Å². The molecule has 0 aliphatic carbocycles. The fourth-order valence-corrected chi connectivity index (χ4v) is 4.13. The van der Waals surface area contributed by atoms with Crippen LogP contribution in [0.2, 0.25) is 0 Å². The molecule has 3 unspecified atom stereocenters. The maximum atomic E-state index is 11.7. The van der Waals surface area contributed by atoms with Crippen molar-refractivity contribution in [2.75, 3.05) is 45.8 Å². The molecule has 0 aliphatic rings. The average Bonchev–Trinajstić information content (AvgIpc) is 2.78. The quantitative estimate of drug-likeness (QED) is 0.112. The van der Waals surface area contributed by atoms with Crippen molar-refractivity contribution in [2.24, 2.45) is 4.99 Å². The monoisotopic (exact) mass is 554 g/mol. The fourth-order valence-electron chi connectivity index (χ4n) is 4.01. The number of nitrogens with zero attached hydrogens (tertiary/aromatic N) is 4. The summed E-state index contributed by atoms with van der Waals surface area (Å²) in [5, 5.41) is 49.1. The van der Waals surface area contributed by atoms with Crippen LogP contribution in [-0.2, 0) is 24.0 Å². The molecule has 0 fully saturated rings. The van der Waals surface area contributed by atoms with Gasteiger partial charge in [0.05, 0.1) is 43.9 Å². The van der Waals surface area contributed by atoms with Crippen LogP contribution in [0.1, 0.15) is 18.5 Å². The van der Waals surface area contributed by atoms with Crippen molar-refractivity contribution < 1.29 is 49.5 Å². The molecule has 3 atom stereocenters. The van der Waals surface area contributed by atoms with Crippen LogP contribution in [0.4, 0.5) is 0 Å². The van der Waals surface area contributed by atoms with E-state index in [2.05, 4.69) is 10.2 Å². The topological polar surface area (TPSA) is 209 Å². The number of hydrogen-bond donors (Lipinski definition) is 5. The molecule has 0 spiro atoms. The second-order valence-electron chi connectivity index (χ2n) is 8.47. The van der Waals surface area contributed by atoms with E-state index in [9.17, 15) is 39.3 Å². The largest absolute Gasteiger partial charge is 0.480 e. The lowest BCUT2D eigenvalue weighted by Crippen LogP contribution is -2.55. The number of hydrogen-bond acceptors (Lipinski definition) is 10. The lowest BCUT2D eigenvalue weighted by molar-refractivity contribution is -0.145. The molecular weight excluding hydrogens is 524 g/mol. The van der Waals surface area contributed by atoms with Crippen molar-refractivity contribution >= 4 is 47.2 Å². The molecule has 1 aromatic carbocycles. The van der Waals surface area contributed by atoms with E-state index in [4.69, 9.17) is 22.4 Å². The SMILES string of the molecule is CC(CN(CC(=O)O)CC(=O)O)N(CC(=O)O)CC(C(N=C=S)c1ccccc1)N(CC(=O)O)CC(=O)O. The maximum absolute atomic E-state index is 11.7. The summed E-state index contributed by atoms with van der Waals surface area (Å²) in [7, 11) is 0. The van der Waals surface area contributed by atoms with Crippen molar-refractivity contribution in [3.05, 3.63) is 35.9 Å². The molecule has 0 saturated carbocycles. The van der Waals surface area contributed by atoms with E-state index in [-0.39, 0.29) is 13.1 Å². The highest BCUT2D eigenvalue weighted by atomic mass is 32.1. The van der Waals surface area contributed by atoms with Gasteiger partial charge in [0.15, 0.2) is 0 Å². The predicted molar refractivity (Wildman–Crippen MR) is 135 cm³/mol. The summed E-state index contributed by atoms with van der Waals surface area (Å²) in [6.07, 6.45) is 0. The van der Waals surface area contributed by atoms with Gasteiger partial charge in [-0.2, -0.15) is 0 Å². The molecule has 15 heteroatoms. The zero-order valence-corrected chi connectivity index (χ0v) is 21.4. The van der Waals surface area contributed by atoms with Gasteiger partial charge in [-0.05, 0) is 24.7 Å². The van der Waals surface area contributed by atoms with Crippen LogP contribution in [0, 0.1) is 0 Å². The van der Waals surface area contributed by atoms with E-state index in [1.165, 1.54) is 4.90 Å². The minimum absolute atomic E-state index is 0.164. The van der Waals surface area contributed by atoms with Crippen LogP contribution in [0.5, 0.6) is 0 Å². The summed E-state index contributed by atoms with van der Waals surface area (Å²) in [6.45, 7) is -2.11. The molecule has 0 bridgehead atoms. The average molecular weight is 555 g/mol. The molecule has 14 nitrogen and oxygen atoms in total. The number of benzene rings is 1. The van der Waals surface area contributed by atoms with E-state index in [0.717, 1.165) is 9.80 Å². The number of carbonyl (C=O) groups is 5. The molecule has 38 heavy (non-hydrogen) atoms. The maximum Gasteiger partial charge on any atom is 0.317 e. The first-order chi connectivity index (χ1) is 17.8. The highest BCUT2D eigenvalue weighted by Gasteiger charge is 2.35. The first-order valence-electron chi connectivity index (χ1n) is 11.2. The highest BCUT2D eigenvalue weighted by Crippen LogP contribution is 2.27. The smallest absolute Gasteiger partial charge is 0.317 e. The van der Waals surface area contributed by atoms with E-state index in [1.54, 1.807) is 37.3 Å². The van der Waals surface area contributed by atoms with Crippen molar-refractivity contribution in [1.29, 1.82) is 0 Å². The Kier molecular flexibility index (Phi) is 13.7. The Morgan fingerprint density at radius 1 is 0.763 bits per heavy atom. The molecule has 1 aromatic rings. The molecule has 0 heterocycles. The van der Waals surface area contributed by atoms with Crippen molar-refractivity contribution in [1.82, 2.24) is 14.7 Å². The Labute approximate surface area is 223 Å². The Hall–Kier alpha value is -3.75. The van der Waals surface area contributed by atoms with Gasteiger partial charge in [0, 0.05) is 19.1 Å². The number of carboxylic acid groups (broad SMARTS) is 5. The zero-order valence-electron chi connectivity index (χ0n) is 20.5. The van der Waals surface area contributed by atoms with Gasteiger partial charge in [-0.25, -0.2) is 4.99 Å². The third-order valence-corrected chi connectivity index (χ3v) is 5.57. The first kappa shape index (κ1) is 32.3. The van der Waals surface area contributed by atoms with Gasteiger partial charge in [0.25, 0.3) is 0 Å². The van der Waals surface area contributed by atoms with Gasteiger partial charge in [0.2, 0.25) is 0 Å². The summed E-state index contributed by atoms with van der Waals surface area (Å²) in [5.41, 5.74) is 0.539. The van der Waals surface area contributed by atoms with Crippen molar-refractivity contribution in [3.63, 3.8) is 0 Å².